The number of hydrogen-bond acceptors (Lipinski definition) is 4. The first-order chi connectivity index (χ1) is 5.24. The second kappa shape index (κ2) is 3.25. The summed E-state index contributed by atoms with van der Waals surface area (Å²) < 4.78 is 1.62. The number of aromatic nitrogens is 2. The molecule has 4 N–H and O–H groups in total. The summed E-state index contributed by atoms with van der Waals surface area (Å²) in [5.41, 5.74) is 6.15. The molecule has 0 aliphatic rings. The molecule has 0 aromatic carbocycles. The van der Waals surface area contributed by atoms with Crippen molar-refractivity contribution in [2.75, 3.05) is 24.2 Å². The third-order valence-electron chi connectivity index (χ3n) is 1.26. The van der Waals surface area contributed by atoms with E-state index < -0.39 is 0 Å². The van der Waals surface area contributed by atoms with E-state index >= 15 is 0 Å². The first kappa shape index (κ1) is 7.87. The largest absolute Gasteiger partial charge is 0.395 e. The van der Waals surface area contributed by atoms with Gasteiger partial charge in [-0.05, 0) is 0 Å². The van der Waals surface area contributed by atoms with Crippen molar-refractivity contribution in [1.29, 1.82) is 0 Å². The van der Waals surface area contributed by atoms with Crippen LogP contribution < -0.4 is 11.1 Å². The van der Waals surface area contributed by atoms with Crippen molar-refractivity contribution in [2.45, 2.75) is 0 Å². The van der Waals surface area contributed by atoms with Gasteiger partial charge < -0.3 is 16.2 Å². The van der Waals surface area contributed by atoms with E-state index in [4.69, 9.17) is 10.8 Å². The fraction of sp³-hybridized carbons (Fsp3) is 0.500. The summed E-state index contributed by atoms with van der Waals surface area (Å²) in [5.74, 6) is 0.626. The van der Waals surface area contributed by atoms with Crippen molar-refractivity contribution in [3.05, 3.63) is 6.20 Å². The number of nitrogens with two attached hydrogens (primary N) is 1. The molecule has 0 aliphatic carbocycles. The van der Waals surface area contributed by atoms with Crippen LogP contribution in [0.25, 0.3) is 0 Å². The van der Waals surface area contributed by atoms with E-state index in [1.165, 1.54) is 0 Å². The van der Waals surface area contributed by atoms with Crippen LogP contribution in [0.5, 0.6) is 0 Å². The SMILES string of the molecule is Cn1cc(N)c(NCCO)n1. The molecule has 0 spiro atoms. The summed E-state index contributed by atoms with van der Waals surface area (Å²) >= 11 is 0. The smallest absolute Gasteiger partial charge is 0.171 e. The lowest BCUT2D eigenvalue weighted by Crippen LogP contribution is -2.07. The van der Waals surface area contributed by atoms with E-state index in [2.05, 4.69) is 10.4 Å². The first-order valence-corrected chi connectivity index (χ1v) is 3.38. The molecular formula is C6H12N4O. The Kier molecular flexibility index (Phi) is 2.32. The zero-order valence-corrected chi connectivity index (χ0v) is 6.41. The third kappa shape index (κ3) is 1.84. The van der Waals surface area contributed by atoms with Crippen LogP contribution in [0, 0.1) is 0 Å². The van der Waals surface area contributed by atoms with Crippen molar-refractivity contribution in [3.63, 3.8) is 0 Å². The summed E-state index contributed by atoms with van der Waals surface area (Å²) in [5, 5.41) is 15.4. The minimum Gasteiger partial charge on any atom is -0.395 e. The Morgan fingerprint density at radius 1 is 1.82 bits per heavy atom. The van der Waals surface area contributed by atoms with Crippen molar-refractivity contribution < 1.29 is 5.11 Å². The van der Waals surface area contributed by atoms with Crippen LogP contribution >= 0.6 is 0 Å². The third-order valence-corrected chi connectivity index (χ3v) is 1.26. The maximum Gasteiger partial charge on any atom is 0.171 e. The second-order valence-corrected chi connectivity index (χ2v) is 2.26. The number of nitrogens with zero attached hydrogens (tertiary/aromatic N) is 2. The van der Waals surface area contributed by atoms with Gasteiger partial charge in [-0.25, -0.2) is 0 Å². The molecule has 5 nitrogen and oxygen atoms in total. The number of hydrogen-bond donors (Lipinski definition) is 3. The average molecular weight is 156 g/mol. The second-order valence-electron chi connectivity index (χ2n) is 2.26. The molecule has 0 amide bonds. The van der Waals surface area contributed by atoms with Crippen LogP contribution in [0.1, 0.15) is 0 Å². The standard InChI is InChI=1S/C6H12N4O/c1-10-4-5(7)6(9-10)8-2-3-11/h4,11H,2-3,7H2,1H3,(H,8,9). The van der Waals surface area contributed by atoms with Gasteiger partial charge in [-0.15, -0.1) is 0 Å². The predicted octanol–water partition coefficient (Wildman–Crippen LogP) is -0.594. The quantitative estimate of drug-likeness (QED) is 0.546. The Morgan fingerprint density at radius 3 is 3.00 bits per heavy atom. The van der Waals surface area contributed by atoms with Gasteiger partial charge in [0.1, 0.15) is 0 Å². The van der Waals surface area contributed by atoms with Crippen LogP contribution in [0.3, 0.4) is 0 Å². The number of nitrogen functional groups attached to an aromatic ring is 1. The van der Waals surface area contributed by atoms with Gasteiger partial charge >= 0.3 is 0 Å². The molecular weight excluding hydrogens is 144 g/mol. The highest BCUT2D eigenvalue weighted by Gasteiger charge is 2.00. The van der Waals surface area contributed by atoms with Gasteiger partial charge in [-0.1, -0.05) is 0 Å². The molecule has 62 valence electrons. The molecule has 0 bridgehead atoms. The number of anilines is 2. The zero-order chi connectivity index (χ0) is 8.27. The Hall–Kier alpha value is -1.23. The molecule has 0 unspecified atom stereocenters. The average Bonchev–Trinajstić information content (AvgIpc) is 2.26. The van der Waals surface area contributed by atoms with Gasteiger partial charge in [0, 0.05) is 19.8 Å². The molecule has 0 atom stereocenters. The molecule has 0 radical (unpaired) electrons. The molecule has 1 heterocycles. The maximum absolute atomic E-state index is 8.49. The Balaban J connectivity index is 2.62. The first-order valence-electron chi connectivity index (χ1n) is 3.38. The van der Waals surface area contributed by atoms with E-state index in [-0.39, 0.29) is 6.61 Å². The fourth-order valence-electron chi connectivity index (χ4n) is 0.818. The Morgan fingerprint density at radius 2 is 2.55 bits per heavy atom. The van der Waals surface area contributed by atoms with E-state index in [1.54, 1.807) is 17.9 Å². The molecule has 0 fully saturated rings. The summed E-state index contributed by atoms with van der Waals surface area (Å²) in [6, 6.07) is 0. The van der Waals surface area contributed by atoms with Crippen LogP contribution in [-0.4, -0.2) is 28.0 Å². The molecule has 5 heteroatoms. The molecule has 1 aromatic heterocycles. The lowest BCUT2D eigenvalue weighted by Gasteiger charge is -1.98. The maximum atomic E-state index is 8.49. The highest BCUT2D eigenvalue weighted by atomic mass is 16.3. The predicted molar refractivity (Wildman–Crippen MR) is 43.2 cm³/mol. The minimum absolute atomic E-state index is 0.0794. The van der Waals surface area contributed by atoms with E-state index in [0.717, 1.165) is 0 Å². The van der Waals surface area contributed by atoms with Crippen molar-refractivity contribution in [3.8, 4) is 0 Å². The molecule has 0 saturated heterocycles. The van der Waals surface area contributed by atoms with Crippen LogP contribution in [0.2, 0.25) is 0 Å². The van der Waals surface area contributed by atoms with Gasteiger partial charge in [0.05, 0.1) is 12.3 Å². The molecule has 0 aliphatic heterocycles. The van der Waals surface area contributed by atoms with Gasteiger partial charge in [0.25, 0.3) is 0 Å². The van der Waals surface area contributed by atoms with Gasteiger partial charge in [0.2, 0.25) is 0 Å². The summed E-state index contributed by atoms with van der Waals surface area (Å²) in [6.07, 6.45) is 1.71. The minimum atomic E-state index is 0.0794. The molecule has 0 saturated carbocycles. The number of aryl methyl sites for hydroxylation is 1. The van der Waals surface area contributed by atoms with Crippen LogP contribution in [-0.2, 0) is 7.05 Å². The zero-order valence-electron chi connectivity index (χ0n) is 6.41. The summed E-state index contributed by atoms with van der Waals surface area (Å²) in [4.78, 5) is 0. The van der Waals surface area contributed by atoms with E-state index in [0.29, 0.717) is 18.1 Å². The van der Waals surface area contributed by atoms with E-state index in [1.807, 2.05) is 0 Å². The number of nitrogens with one attached hydrogen (secondary N) is 1. The van der Waals surface area contributed by atoms with Crippen molar-refractivity contribution in [1.82, 2.24) is 9.78 Å². The van der Waals surface area contributed by atoms with Crippen molar-refractivity contribution in [2.24, 2.45) is 7.05 Å². The lowest BCUT2D eigenvalue weighted by molar-refractivity contribution is 0.311. The fourth-order valence-corrected chi connectivity index (χ4v) is 0.818. The summed E-state index contributed by atoms with van der Waals surface area (Å²) in [6.45, 7) is 0.553. The molecule has 11 heavy (non-hydrogen) atoms. The van der Waals surface area contributed by atoms with Gasteiger partial charge in [-0.2, -0.15) is 5.10 Å². The summed E-state index contributed by atoms with van der Waals surface area (Å²) in [7, 11) is 1.79. The van der Waals surface area contributed by atoms with Gasteiger partial charge in [0.15, 0.2) is 5.82 Å². The lowest BCUT2D eigenvalue weighted by atomic mass is 10.5. The number of aliphatic hydroxyl groups excluding tert-OH is 1. The van der Waals surface area contributed by atoms with Gasteiger partial charge in [-0.3, -0.25) is 4.68 Å². The van der Waals surface area contributed by atoms with Crippen LogP contribution in [0.4, 0.5) is 11.5 Å². The van der Waals surface area contributed by atoms with E-state index in [9.17, 15) is 0 Å². The highest BCUT2D eigenvalue weighted by Crippen LogP contribution is 2.12. The monoisotopic (exact) mass is 156 g/mol. The highest BCUT2D eigenvalue weighted by molar-refractivity contribution is 5.59. The number of rotatable bonds is 3. The number of aliphatic hydroxyl groups is 1. The Bertz CT molecular complexity index is 232. The normalized spacial score (nSPS) is 10.0. The Labute approximate surface area is 64.8 Å². The topological polar surface area (TPSA) is 76.1 Å². The molecule has 1 aromatic rings. The molecule has 1 rings (SSSR count). The van der Waals surface area contributed by atoms with Crippen molar-refractivity contribution >= 4 is 11.5 Å². The van der Waals surface area contributed by atoms with Crippen LogP contribution in [0.15, 0.2) is 6.20 Å².